The molecule has 1 aromatic rings. The summed E-state index contributed by atoms with van der Waals surface area (Å²) in [5, 5.41) is 2.58. The predicted octanol–water partition coefficient (Wildman–Crippen LogP) is 1.25. The number of hydrogen-bond donors (Lipinski definition) is 2. The number of pyridine rings is 1. The van der Waals surface area contributed by atoms with Crippen molar-refractivity contribution in [2.24, 2.45) is 0 Å². The maximum Gasteiger partial charge on any atom is 0.407 e. The van der Waals surface area contributed by atoms with Crippen LogP contribution in [0.25, 0.3) is 0 Å². The number of aldehydes is 1. The molecule has 0 aromatic carbocycles. The maximum atomic E-state index is 11.4. The molecule has 0 saturated carbocycles. The fourth-order valence-electron chi connectivity index (χ4n) is 1.37. The van der Waals surface area contributed by atoms with E-state index in [1.165, 1.54) is 12.3 Å². The van der Waals surface area contributed by atoms with Gasteiger partial charge in [0.05, 0.1) is 5.56 Å². The van der Waals surface area contributed by atoms with Gasteiger partial charge in [-0.05, 0) is 20.8 Å². The average molecular weight is 266 g/mol. The van der Waals surface area contributed by atoms with Crippen LogP contribution in [-0.4, -0.2) is 29.5 Å². The fourth-order valence-corrected chi connectivity index (χ4v) is 1.37. The number of rotatable bonds is 4. The van der Waals surface area contributed by atoms with Crippen molar-refractivity contribution in [3.8, 4) is 0 Å². The number of H-pyrrole nitrogens is 1. The summed E-state index contributed by atoms with van der Waals surface area (Å²) < 4.78 is 5.07. The van der Waals surface area contributed by atoms with E-state index in [0.717, 1.165) is 0 Å². The van der Waals surface area contributed by atoms with Crippen molar-refractivity contribution in [2.75, 3.05) is 6.54 Å². The summed E-state index contributed by atoms with van der Waals surface area (Å²) in [6.45, 7) is 5.68. The van der Waals surface area contributed by atoms with Crippen LogP contribution in [0, 0.1) is 0 Å². The first-order chi connectivity index (χ1) is 8.81. The highest BCUT2D eigenvalue weighted by atomic mass is 16.6. The second-order valence-corrected chi connectivity index (χ2v) is 5.07. The SMILES string of the molecule is CC(C)(C)OC(=O)NCCc1cc(=O)c(C=O)c[nH]1. The van der Waals surface area contributed by atoms with Crippen molar-refractivity contribution in [3.05, 3.63) is 33.7 Å². The van der Waals surface area contributed by atoms with Crippen LogP contribution in [0.5, 0.6) is 0 Å². The molecule has 0 aliphatic carbocycles. The van der Waals surface area contributed by atoms with Crippen molar-refractivity contribution in [3.63, 3.8) is 0 Å². The Morgan fingerprint density at radius 3 is 2.68 bits per heavy atom. The Kier molecular flexibility index (Phi) is 4.86. The first-order valence-corrected chi connectivity index (χ1v) is 5.95. The third-order valence-corrected chi connectivity index (χ3v) is 2.19. The van der Waals surface area contributed by atoms with E-state index in [9.17, 15) is 14.4 Å². The van der Waals surface area contributed by atoms with Crippen molar-refractivity contribution in [1.29, 1.82) is 0 Å². The topological polar surface area (TPSA) is 88.3 Å². The number of carbonyl (C=O) groups excluding carboxylic acids is 2. The Balaban J connectivity index is 2.46. The van der Waals surface area contributed by atoms with Crippen molar-refractivity contribution in [2.45, 2.75) is 32.8 Å². The fraction of sp³-hybridized carbons (Fsp3) is 0.462. The quantitative estimate of drug-likeness (QED) is 0.803. The van der Waals surface area contributed by atoms with Gasteiger partial charge in [-0.3, -0.25) is 9.59 Å². The Morgan fingerprint density at radius 1 is 1.47 bits per heavy atom. The summed E-state index contributed by atoms with van der Waals surface area (Å²) in [5.41, 5.74) is -0.138. The Hall–Kier alpha value is -2.11. The number of alkyl carbamates (subject to hydrolysis) is 1. The number of aromatic nitrogens is 1. The minimum atomic E-state index is -0.538. The molecule has 0 aliphatic heterocycles. The molecule has 0 atom stereocenters. The molecule has 0 saturated heterocycles. The maximum absolute atomic E-state index is 11.4. The molecule has 104 valence electrons. The van der Waals surface area contributed by atoms with Crippen LogP contribution in [0.2, 0.25) is 0 Å². The third kappa shape index (κ3) is 5.37. The largest absolute Gasteiger partial charge is 0.444 e. The van der Waals surface area contributed by atoms with Gasteiger partial charge < -0.3 is 15.0 Å². The van der Waals surface area contributed by atoms with Gasteiger partial charge in [0.25, 0.3) is 0 Å². The van der Waals surface area contributed by atoms with Gasteiger partial charge in [0.1, 0.15) is 5.60 Å². The molecular formula is C13H18N2O4. The normalized spacial score (nSPS) is 10.9. The molecule has 2 N–H and O–H groups in total. The Morgan fingerprint density at radius 2 is 2.16 bits per heavy atom. The lowest BCUT2D eigenvalue weighted by Crippen LogP contribution is -2.33. The van der Waals surface area contributed by atoms with Gasteiger partial charge in [0, 0.05) is 30.9 Å². The second-order valence-electron chi connectivity index (χ2n) is 5.07. The van der Waals surface area contributed by atoms with E-state index in [4.69, 9.17) is 4.74 Å². The van der Waals surface area contributed by atoms with Gasteiger partial charge in [-0.25, -0.2) is 4.79 Å². The number of hydrogen-bond acceptors (Lipinski definition) is 4. The van der Waals surface area contributed by atoms with E-state index in [1.54, 1.807) is 20.8 Å². The number of nitrogens with one attached hydrogen (secondary N) is 2. The molecule has 1 rings (SSSR count). The van der Waals surface area contributed by atoms with Gasteiger partial charge in [-0.15, -0.1) is 0 Å². The molecule has 0 spiro atoms. The molecule has 0 fully saturated rings. The summed E-state index contributed by atoms with van der Waals surface area (Å²) in [6.07, 6.45) is 1.81. The van der Waals surface area contributed by atoms with Gasteiger partial charge in [-0.2, -0.15) is 0 Å². The standard InChI is InChI=1S/C13H18N2O4/c1-13(2,3)19-12(18)14-5-4-10-6-11(17)9(8-16)7-15-10/h6-8H,4-5H2,1-3H3,(H,14,18)(H,15,17). The number of ether oxygens (including phenoxy) is 1. The van der Waals surface area contributed by atoms with Crippen molar-refractivity contribution < 1.29 is 14.3 Å². The summed E-state index contributed by atoms with van der Waals surface area (Å²) in [7, 11) is 0. The van der Waals surface area contributed by atoms with E-state index in [1.807, 2.05) is 0 Å². The summed E-state index contributed by atoms with van der Waals surface area (Å²) in [5.74, 6) is 0. The van der Waals surface area contributed by atoms with Crippen LogP contribution in [0.3, 0.4) is 0 Å². The number of carbonyl (C=O) groups is 2. The molecule has 0 radical (unpaired) electrons. The van der Waals surface area contributed by atoms with Crippen LogP contribution < -0.4 is 10.7 Å². The van der Waals surface area contributed by atoms with E-state index < -0.39 is 11.7 Å². The summed E-state index contributed by atoms with van der Waals surface area (Å²) in [6, 6.07) is 1.35. The van der Waals surface area contributed by atoms with Gasteiger partial charge in [-0.1, -0.05) is 0 Å². The average Bonchev–Trinajstić information content (AvgIpc) is 2.26. The molecule has 6 heteroatoms. The lowest BCUT2D eigenvalue weighted by atomic mass is 10.2. The van der Waals surface area contributed by atoms with Crippen LogP contribution in [0.15, 0.2) is 17.1 Å². The minimum absolute atomic E-state index is 0.0869. The molecule has 6 nitrogen and oxygen atoms in total. The molecule has 0 unspecified atom stereocenters. The van der Waals surface area contributed by atoms with E-state index in [0.29, 0.717) is 24.9 Å². The monoisotopic (exact) mass is 266 g/mol. The first-order valence-electron chi connectivity index (χ1n) is 5.95. The lowest BCUT2D eigenvalue weighted by Gasteiger charge is -2.19. The highest BCUT2D eigenvalue weighted by Crippen LogP contribution is 2.06. The first kappa shape index (κ1) is 14.9. The predicted molar refractivity (Wildman–Crippen MR) is 70.4 cm³/mol. The molecule has 1 aromatic heterocycles. The molecule has 0 aliphatic rings. The Labute approximate surface area is 111 Å². The van der Waals surface area contributed by atoms with Crippen molar-refractivity contribution >= 4 is 12.4 Å². The highest BCUT2D eigenvalue weighted by molar-refractivity contribution is 5.73. The number of amides is 1. The lowest BCUT2D eigenvalue weighted by molar-refractivity contribution is 0.0528. The van der Waals surface area contributed by atoms with Crippen LogP contribution >= 0.6 is 0 Å². The molecular weight excluding hydrogens is 248 g/mol. The van der Waals surface area contributed by atoms with Gasteiger partial charge >= 0.3 is 6.09 Å². The number of aromatic amines is 1. The zero-order valence-corrected chi connectivity index (χ0v) is 11.3. The minimum Gasteiger partial charge on any atom is -0.444 e. The smallest absolute Gasteiger partial charge is 0.407 e. The van der Waals surface area contributed by atoms with Crippen molar-refractivity contribution in [1.82, 2.24) is 10.3 Å². The van der Waals surface area contributed by atoms with Crippen LogP contribution in [0.1, 0.15) is 36.8 Å². The van der Waals surface area contributed by atoms with Crippen LogP contribution in [0.4, 0.5) is 4.79 Å². The van der Waals surface area contributed by atoms with Gasteiger partial charge in [0.15, 0.2) is 11.7 Å². The molecule has 19 heavy (non-hydrogen) atoms. The van der Waals surface area contributed by atoms with Crippen LogP contribution in [-0.2, 0) is 11.2 Å². The summed E-state index contributed by atoms with van der Waals surface area (Å²) in [4.78, 5) is 36.1. The second kappa shape index (κ2) is 6.17. The van der Waals surface area contributed by atoms with E-state index in [-0.39, 0.29) is 11.0 Å². The summed E-state index contributed by atoms with van der Waals surface area (Å²) >= 11 is 0. The van der Waals surface area contributed by atoms with E-state index >= 15 is 0 Å². The molecule has 0 bridgehead atoms. The third-order valence-electron chi connectivity index (χ3n) is 2.19. The zero-order chi connectivity index (χ0) is 14.5. The highest BCUT2D eigenvalue weighted by Gasteiger charge is 2.15. The molecule has 1 heterocycles. The van der Waals surface area contributed by atoms with Gasteiger partial charge in [0.2, 0.25) is 0 Å². The molecule has 1 amide bonds. The Bertz CT molecular complexity index is 514. The zero-order valence-electron chi connectivity index (χ0n) is 11.3. The van der Waals surface area contributed by atoms with E-state index in [2.05, 4.69) is 10.3 Å².